The van der Waals surface area contributed by atoms with E-state index in [0.717, 1.165) is 54.0 Å². The monoisotopic (exact) mass is 541 g/mol. The first-order valence-corrected chi connectivity index (χ1v) is 14.1. The number of rotatable bonds is 6. The van der Waals surface area contributed by atoms with Crippen LogP contribution in [-0.4, -0.2) is 83.5 Å². The van der Waals surface area contributed by atoms with Crippen molar-refractivity contribution in [3.05, 3.63) is 59.3 Å². The molecule has 0 saturated carbocycles. The van der Waals surface area contributed by atoms with Gasteiger partial charge in [-0.05, 0) is 57.0 Å². The molecule has 10 nitrogen and oxygen atoms in total. The fourth-order valence-corrected chi connectivity index (χ4v) is 6.82. The van der Waals surface area contributed by atoms with Crippen molar-refractivity contribution in [2.75, 3.05) is 44.7 Å². The Bertz CT molecular complexity index is 1390. The van der Waals surface area contributed by atoms with Crippen molar-refractivity contribution in [3.8, 4) is 12.1 Å². The van der Waals surface area contributed by atoms with E-state index in [1.54, 1.807) is 4.90 Å². The third-order valence-electron chi connectivity index (χ3n) is 9.00. The molecule has 2 fully saturated rings. The number of ether oxygens (including phenoxy) is 1. The van der Waals surface area contributed by atoms with Crippen molar-refractivity contribution >= 4 is 17.6 Å². The van der Waals surface area contributed by atoms with Crippen LogP contribution in [0, 0.1) is 11.3 Å². The zero-order valence-corrected chi connectivity index (χ0v) is 22.9. The van der Waals surface area contributed by atoms with E-state index in [2.05, 4.69) is 34.8 Å². The van der Waals surface area contributed by atoms with E-state index in [-0.39, 0.29) is 24.3 Å². The number of carbonyl (C=O) groups excluding carboxylic acids is 2. The van der Waals surface area contributed by atoms with Crippen LogP contribution in [0.5, 0.6) is 6.01 Å². The molecular formula is C30H35N7O3. The van der Waals surface area contributed by atoms with Crippen molar-refractivity contribution in [1.82, 2.24) is 25.1 Å². The topological polar surface area (TPSA) is 115 Å². The van der Waals surface area contributed by atoms with Gasteiger partial charge in [-0.3, -0.25) is 9.59 Å². The molecule has 2 amide bonds. The average Bonchev–Trinajstić information content (AvgIpc) is 3.50. The minimum atomic E-state index is -0.506. The standard InChI is InChI=1S/C30H35N7O3/c1-3-26(38)37-16-15-36(18-20(37)11-13-31)27-23-10-12-30(24-9-5-4-8-22(24)28(39)34-30)17-25(23)32-29(33-27)40-19-21-7-6-14-35(21)2/h3-5,8-9,20-21H,1,6-7,10-12,14-19H2,2H3,(H,34,39)/t20-,21-,30?/m0/s1. The zero-order chi connectivity index (χ0) is 27.9. The molecule has 0 radical (unpaired) electrons. The number of nitrogens with zero attached hydrogens (tertiary/aromatic N) is 6. The quantitative estimate of drug-likeness (QED) is 0.554. The van der Waals surface area contributed by atoms with Gasteiger partial charge in [0.15, 0.2) is 0 Å². The number of likely N-dealkylation sites (tertiary alicyclic amines) is 1. The van der Waals surface area contributed by atoms with Gasteiger partial charge in [0.25, 0.3) is 5.91 Å². The van der Waals surface area contributed by atoms with E-state index in [0.29, 0.717) is 51.1 Å². The van der Waals surface area contributed by atoms with E-state index < -0.39 is 5.54 Å². The first kappa shape index (κ1) is 26.3. The van der Waals surface area contributed by atoms with Gasteiger partial charge in [0.2, 0.25) is 5.91 Å². The molecule has 0 bridgehead atoms. The van der Waals surface area contributed by atoms with Crippen LogP contribution >= 0.6 is 0 Å². The summed E-state index contributed by atoms with van der Waals surface area (Å²) < 4.78 is 6.24. The first-order chi connectivity index (χ1) is 19.4. The minimum absolute atomic E-state index is 0.0450. The number of nitriles is 1. The first-order valence-electron chi connectivity index (χ1n) is 14.1. The largest absolute Gasteiger partial charge is 0.462 e. The molecule has 2 saturated heterocycles. The summed E-state index contributed by atoms with van der Waals surface area (Å²) >= 11 is 0. The van der Waals surface area contributed by atoms with Crippen molar-refractivity contribution in [2.24, 2.45) is 0 Å². The molecule has 6 rings (SSSR count). The molecule has 4 heterocycles. The number of fused-ring (bicyclic) bond motifs is 3. The maximum Gasteiger partial charge on any atom is 0.318 e. The third-order valence-corrected chi connectivity index (χ3v) is 9.00. The Labute approximate surface area is 234 Å². The summed E-state index contributed by atoms with van der Waals surface area (Å²) in [6, 6.07) is 10.4. The maximum atomic E-state index is 12.9. The number of likely N-dealkylation sites (N-methyl/N-ethyl adjacent to an activating group) is 1. The molecule has 1 N–H and O–H groups in total. The van der Waals surface area contributed by atoms with Gasteiger partial charge in [0, 0.05) is 43.2 Å². The summed E-state index contributed by atoms with van der Waals surface area (Å²) in [7, 11) is 2.11. The highest BCUT2D eigenvalue weighted by atomic mass is 16.5. The molecule has 1 aromatic heterocycles. The molecule has 1 unspecified atom stereocenters. The van der Waals surface area contributed by atoms with E-state index in [1.165, 1.54) is 6.08 Å². The highest BCUT2D eigenvalue weighted by molar-refractivity contribution is 6.00. The number of benzene rings is 1. The van der Waals surface area contributed by atoms with Crippen LogP contribution in [-0.2, 0) is 23.2 Å². The van der Waals surface area contributed by atoms with Gasteiger partial charge in [-0.15, -0.1) is 0 Å². The molecule has 3 atom stereocenters. The number of hydrogen-bond donors (Lipinski definition) is 1. The molecule has 1 spiro atoms. The van der Waals surface area contributed by atoms with Gasteiger partial charge < -0.3 is 24.8 Å². The normalized spacial score (nSPS) is 25.8. The lowest BCUT2D eigenvalue weighted by atomic mass is 9.76. The Morgan fingerprint density at radius 1 is 1.27 bits per heavy atom. The molecule has 4 aliphatic rings. The van der Waals surface area contributed by atoms with Crippen LogP contribution in [0.1, 0.15) is 52.9 Å². The molecule has 3 aliphatic heterocycles. The number of hydrogen-bond acceptors (Lipinski definition) is 8. The van der Waals surface area contributed by atoms with Crippen LogP contribution in [0.15, 0.2) is 36.9 Å². The average molecular weight is 542 g/mol. The molecule has 1 aliphatic carbocycles. The molecular weight excluding hydrogens is 506 g/mol. The fraction of sp³-hybridized carbons (Fsp3) is 0.500. The number of piperazine rings is 1. The van der Waals surface area contributed by atoms with Crippen LogP contribution in [0.3, 0.4) is 0 Å². The predicted octanol–water partition coefficient (Wildman–Crippen LogP) is 2.19. The van der Waals surface area contributed by atoms with E-state index in [4.69, 9.17) is 14.7 Å². The number of carbonyl (C=O) groups is 2. The maximum absolute atomic E-state index is 12.9. The number of anilines is 1. The molecule has 1 aromatic carbocycles. The molecule has 208 valence electrons. The summed E-state index contributed by atoms with van der Waals surface area (Å²) in [5.74, 6) is 0.601. The summed E-state index contributed by atoms with van der Waals surface area (Å²) in [5.41, 5.74) is 3.17. The van der Waals surface area contributed by atoms with Crippen LogP contribution in [0.2, 0.25) is 0 Å². The van der Waals surface area contributed by atoms with Gasteiger partial charge in [-0.25, -0.2) is 0 Å². The number of nitrogens with one attached hydrogen (secondary N) is 1. The Kier molecular flexibility index (Phi) is 6.92. The lowest BCUT2D eigenvalue weighted by molar-refractivity contribution is -0.128. The lowest BCUT2D eigenvalue weighted by Gasteiger charge is -2.42. The predicted molar refractivity (Wildman–Crippen MR) is 149 cm³/mol. The van der Waals surface area contributed by atoms with Crippen LogP contribution in [0.25, 0.3) is 0 Å². The Morgan fingerprint density at radius 2 is 2.12 bits per heavy atom. The van der Waals surface area contributed by atoms with Crippen molar-refractivity contribution in [1.29, 1.82) is 5.26 Å². The zero-order valence-electron chi connectivity index (χ0n) is 22.9. The van der Waals surface area contributed by atoms with Crippen LogP contribution < -0.4 is 15.0 Å². The Hall–Kier alpha value is -3.97. The van der Waals surface area contributed by atoms with Crippen LogP contribution in [0.4, 0.5) is 5.82 Å². The number of aromatic nitrogens is 2. The lowest BCUT2D eigenvalue weighted by Crippen LogP contribution is -2.55. The molecule has 40 heavy (non-hydrogen) atoms. The van der Waals surface area contributed by atoms with Gasteiger partial charge in [-0.2, -0.15) is 15.2 Å². The second-order valence-corrected chi connectivity index (χ2v) is 11.3. The summed E-state index contributed by atoms with van der Waals surface area (Å²) in [5, 5.41) is 12.8. The van der Waals surface area contributed by atoms with Gasteiger partial charge in [-0.1, -0.05) is 24.8 Å². The van der Waals surface area contributed by atoms with Gasteiger partial charge in [0.05, 0.1) is 29.8 Å². The summed E-state index contributed by atoms with van der Waals surface area (Å²) in [6.07, 6.45) is 5.75. The molecule has 2 aromatic rings. The van der Waals surface area contributed by atoms with Crippen molar-refractivity contribution < 1.29 is 14.3 Å². The van der Waals surface area contributed by atoms with E-state index in [1.807, 2.05) is 24.3 Å². The summed E-state index contributed by atoms with van der Waals surface area (Å²) in [6.45, 7) is 6.76. The van der Waals surface area contributed by atoms with Crippen molar-refractivity contribution in [3.63, 3.8) is 0 Å². The Morgan fingerprint density at radius 3 is 2.90 bits per heavy atom. The SMILES string of the molecule is C=CC(=O)N1CCN(c2nc(OC[C@@H]3CCCN3C)nc3c2CCC2(C3)NC(=O)c3ccccc32)C[C@@H]1CC#N. The highest BCUT2D eigenvalue weighted by Gasteiger charge is 2.46. The minimum Gasteiger partial charge on any atom is -0.462 e. The highest BCUT2D eigenvalue weighted by Crippen LogP contribution is 2.43. The van der Waals surface area contributed by atoms with E-state index >= 15 is 0 Å². The van der Waals surface area contributed by atoms with E-state index in [9.17, 15) is 14.9 Å². The Balaban J connectivity index is 1.35. The third kappa shape index (κ3) is 4.58. The second-order valence-electron chi connectivity index (χ2n) is 11.3. The second kappa shape index (κ2) is 10.5. The summed E-state index contributed by atoms with van der Waals surface area (Å²) in [4.78, 5) is 41.4. The van der Waals surface area contributed by atoms with Crippen molar-refractivity contribution in [2.45, 2.75) is 56.1 Å². The molecule has 10 heteroatoms. The van der Waals surface area contributed by atoms with Gasteiger partial charge in [0.1, 0.15) is 12.4 Å². The fourth-order valence-electron chi connectivity index (χ4n) is 6.82. The smallest absolute Gasteiger partial charge is 0.318 e. The van der Waals surface area contributed by atoms with Gasteiger partial charge >= 0.3 is 6.01 Å². The number of amides is 2.